The summed E-state index contributed by atoms with van der Waals surface area (Å²) in [7, 11) is 0. The van der Waals surface area contributed by atoms with Gasteiger partial charge in [0.05, 0.1) is 0 Å². The molecule has 0 saturated heterocycles. The fourth-order valence-electron chi connectivity index (χ4n) is 0.631. The lowest BCUT2D eigenvalue weighted by molar-refractivity contribution is -0.123. The number of Topliss-reactive ketones (excluding diaryl/α,β-unsaturated/α-hetero) is 1. The zero-order chi connectivity index (χ0) is 7.28. The molecule has 2 heteroatoms. The van der Waals surface area contributed by atoms with Crippen molar-refractivity contribution in [3.05, 3.63) is 0 Å². The van der Waals surface area contributed by atoms with Gasteiger partial charge in [0, 0.05) is 6.42 Å². The molecule has 54 valence electrons. The fourth-order valence-corrected chi connectivity index (χ4v) is 0.631. The van der Waals surface area contributed by atoms with E-state index in [9.17, 15) is 9.18 Å². The predicted molar refractivity (Wildman–Crippen MR) is 35.1 cm³/mol. The van der Waals surface area contributed by atoms with Crippen LogP contribution < -0.4 is 0 Å². The summed E-state index contributed by atoms with van der Waals surface area (Å²) in [5.41, 5.74) is 0. The molecule has 9 heavy (non-hydrogen) atoms. The van der Waals surface area contributed by atoms with Crippen molar-refractivity contribution in [1.29, 1.82) is 0 Å². The van der Waals surface area contributed by atoms with Crippen LogP contribution in [0.1, 0.15) is 33.1 Å². The fraction of sp³-hybridized carbons (Fsp3) is 0.857. The Bertz CT molecular complexity index is 90.9. The van der Waals surface area contributed by atoms with Gasteiger partial charge in [-0.15, -0.1) is 0 Å². The molecule has 0 aliphatic rings. The quantitative estimate of drug-likeness (QED) is 0.572. The van der Waals surface area contributed by atoms with E-state index in [0.717, 1.165) is 6.42 Å². The van der Waals surface area contributed by atoms with Crippen molar-refractivity contribution in [3.63, 3.8) is 0 Å². The highest BCUT2D eigenvalue weighted by molar-refractivity contribution is 5.82. The normalized spacial score (nSPS) is 13.2. The predicted octanol–water partition coefficient (Wildman–Crippen LogP) is 2.10. The van der Waals surface area contributed by atoms with Gasteiger partial charge in [-0.25, -0.2) is 4.39 Å². The first kappa shape index (κ1) is 8.60. The summed E-state index contributed by atoms with van der Waals surface area (Å²) in [5.74, 6) is -0.250. The van der Waals surface area contributed by atoms with Gasteiger partial charge in [0.1, 0.15) is 0 Å². The maximum atomic E-state index is 12.4. The lowest BCUT2D eigenvalue weighted by atomic mass is 10.1. The molecule has 0 rings (SSSR count). The molecule has 0 radical (unpaired) electrons. The maximum absolute atomic E-state index is 12.4. The van der Waals surface area contributed by atoms with Crippen LogP contribution in [-0.2, 0) is 4.79 Å². The van der Waals surface area contributed by atoms with E-state index in [4.69, 9.17) is 0 Å². The zero-order valence-corrected chi connectivity index (χ0v) is 5.98. The van der Waals surface area contributed by atoms with Crippen LogP contribution in [0.4, 0.5) is 4.39 Å². The lowest BCUT2D eigenvalue weighted by Gasteiger charge is -2.00. The highest BCUT2D eigenvalue weighted by Gasteiger charge is 2.12. The molecule has 0 N–H and O–H groups in total. The molecule has 0 aromatic carbocycles. The molecule has 0 aliphatic carbocycles. The van der Waals surface area contributed by atoms with E-state index in [2.05, 4.69) is 0 Å². The van der Waals surface area contributed by atoms with Crippen molar-refractivity contribution in [2.24, 2.45) is 0 Å². The minimum atomic E-state index is -1.22. The molecule has 0 bridgehead atoms. The van der Waals surface area contributed by atoms with E-state index in [1.165, 1.54) is 0 Å². The molecule has 0 aromatic rings. The first-order valence-electron chi connectivity index (χ1n) is 3.39. The van der Waals surface area contributed by atoms with Crippen molar-refractivity contribution >= 4 is 5.78 Å². The molecule has 0 aliphatic heterocycles. The summed E-state index contributed by atoms with van der Waals surface area (Å²) in [4.78, 5) is 10.6. The number of carbonyl (C=O) groups is 1. The molecule has 1 nitrogen and oxygen atoms in total. The second-order valence-electron chi connectivity index (χ2n) is 2.09. The molecule has 0 amide bonds. The second kappa shape index (κ2) is 4.48. The average Bonchev–Trinajstić information content (AvgIpc) is 1.87. The Morgan fingerprint density at radius 3 is 2.44 bits per heavy atom. The average molecular weight is 132 g/mol. The van der Waals surface area contributed by atoms with Crippen molar-refractivity contribution in [1.82, 2.24) is 0 Å². The van der Waals surface area contributed by atoms with Crippen LogP contribution in [0.5, 0.6) is 0 Å². The van der Waals surface area contributed by atoms with Gasteiger partial charge >= 0.3 is 0 Å². The summed E-state index contributed by atoms with van der Waals surface area (Å²) in [5, 5.41) is 0. The molecular formula is C7H13FO. The molecule has 0 aromatic heterocycles. The van der Waals surface area contributed by atoms with Crippen LogP contribution in [0.25, 0.3) is 0 Å². The standard InChI is InChI=1S/C7H13FO/c1-3-5-7(9)6(8)4-2/h6H,3-5H2,1-2H3/t6-/m1/s1. The van der Waals surface area contributed by atoms with Gasteiger partial charge in [-0.1, -0.05) is 13.8 Å². The van der Waals surface area contributed by atoms with Crippen LogP contribution in [-0.4, -0.2) is 12.0 Å². The first-order valence-corrected chi connectivity index (χ1v) is 3.39. The van der Waals surface area contributed by atoms with E-state index in [1.807, 2.05) is 6.92 Å². The number of rotatable bonds is 4. The molecule has 0 spiro atoms. The van der Waals surface area contributed by atoms with Crippen LogP contribution in [0.2, 0.25) is 0 Å². The minimum absolute atomic E-state index is 0.250. The maximum Gasteiger partial charge on any atom is 0.166 e. The number of alkyl halides is 1. The van der Waals surface area contributed by atoms with Crippen molar-refractivity contribution in [2.45, 2.75) is 39.3 Å². The van der Waals surface area contributed by atoms with Gasteiger partial charge in [-0.3, -0.25) is 4.79 Å². The molecular weight excluding hydrogens is 119 g/mol. The SMILES string of the molecule is CCCC(=O)[C@H](F)CC. The van der Waals surface area contributed by atoms with Gasteiger partial charge in [0.2, 0.25) is 0 Å². The summed E-state index contributed by atoms with van der Waals surface area (Å²) in [6, 6.07) is 0. The van der Waals surface area contributed by atoms with Gasteiger partial charge in [0.25, 0.3) is 0 Å². The number of hydrogen-bond donors (Lipinski definition) is 0. The molecule has 1 atom stereocenters. The Labute approximate surface area is 55.3 Å². The van der Waals surface area contributed by atoms with E-state index >= 15 is 0 Å². The zero-order valence-electron chi connectivity index (χ0n) is 5.98. The summed E-state index contributed by atoms with van der Waals surface area (Å²) in [6.07, 6.45) is 0.234. The van der Waals surface area contributed by atoms with E-state index in [0.29, 0.717) is 12.8 Å². The van der Waals surface area contributed by atoms with Crippen molar-refractivity contribution in [3.8, 4) is 0 Å². The smallest absolute Gasteiger partial charge is 0.166 e. The first-order chi connectivity index (χ1) is 4.22. The van der Waals surface area contributed by atoms with Crippen molar-refractivity contribution in [2.75, 3.05) is 0 Å². The summed E-state index contributed by atoms with van der Waals surface area (Å²) >= 11 is 0. The van der Waals surface area contributed by atoms with Gasteiger partial charge in [0.15, 0.2) is 12.0 Å². The van der Waals surface area contributed by atoms with Gasteiger partial charge in [-0.05, 0) is 12.8 Å². The van der Waals surface area contributed by atoms with Crippen LogP contribution in [0, 0.1) is 0 Å². The Kier molecular flexibility index (Phi) is 4.28. The third kappa shape index (κ3) is 3.22. The number of halogens is 1. The van der Waals surface area contributed by atoms with E-state index in [-0.39, 0.29) is 5.78 Å². The van der Waals surface area contributed by atoms with Crippen LogP contribution >= 0.6 is 0 Å². The van der Waals surface area contributed by atoms with Crippen LogP contribution in [0.15, 0.2) is 0 Å². The van der Waals surface area contributed by atoms with Crippen molar-refractivity contribution < 1.29 is 9.18 Å². The Morgan fingerprint density at radius 2 is 2.11 bits per heavy atom. The molecule has 0 unspecified atom stereocenters. The number of ketones is 1. The van der Waals surface area contributed by atoms with Gasteiger partial charge < -0.3 is 0 Å². The van der Waals surface area contributed by atoms with E-state index in [1.54, 1.807) is 6.92 Å². The third-order valence-electron chi connectivity index (χ3n) is 1.20. The highest BCUT2D eigenvalue weighted by atomic mass is 19.1. The lowest BCUT2D eigenvalue weighted by Crippen LogP contribution is -2.13. The Morgan fingerprint density at radius 1 is 1.56 bits per heavy atom. The second-order valence-corrected chi connectivity index (χ2v) is 2.09. The monoisotopic (exact) mass is 132 g/mol. The Hall–Kier alpha value is -0.400. The number of hydrogen-bond acceptors (Lipinski definition) is 1. The molecule has 0 heterocycles. The third-order valence-corrected chi connectivity index (χ3v) is 1.20. The minimum Gasteiger partial charge on any atom is -0.296 e. The highest BCUT2D eigenvalue weighted by Crippen LogP contribution is 2.02. The Balaban J connectivity index is 3.46. The van der Waals surface area contributed by atoms with Gasteiger partial charge in [-0.2, -0.15) is 0 Å². The van der Waals surface area contributed by atoms with E-state index < -0.39 is 6.17 Å². The molecule has 0 fully saturated rings. The summed E-state index contributed by atoms with van der Waals surface area (Å²) < 4.78 is 12.4. The largest absolute Gasteiger partial charge is 0.296 e. The topological polar surface area (TPSA) is 17.1 Å². The molecule has 0 saturated carbocycles. The summed E-state index contributed by atoms with van der Waals surface area (Å²) in [6.45, 7) is 3.55. The van der Waals surface area contributed by atoms with Crippen LogP contribution in [0.3, 0.4) is 0 Å². The number of carbonyl (C=O) groups excluding carboxylic acids is 1.